The second-order valence-electron chi connectivity index (χ2n) is 5.49. The Balaban J connectivity index is 1.50. The minimum atomic E-state index is 0.128. The highest BCUT2D eigenvalue weighted by molar-refractivity contribution is 5.83. The number of aliphatic imine (C=N–C) groups is 1. The fourth-order valence-corrected chi connectivity index (χ4v) is 2.48. The molecular formula is C16H21N7O. The van der Waals surface area contributed by atoms with E-state index in [1.165, 1.54) is 5.39 Å². The third-order valence-corrected chi connectivity index (χ3v) is 3.65. The number of guanidine groups is 1. The first-order valence-corrected chi connectivity index (χ1v) is 7.89. The highest BCUT2D eigenvalue weighted by Crippen LogP contribution is 2.20. The summed E-state index contributed by atoms with van der Waals surface area (Å²) in [6.45, 7) is 1.37. The molecule has 0 saturated heterocycles. The number of nitrogens with two attached hydrogens (primary N) is 2. The van der Waals surface area contributed by atoms with Crippen LogP contribution in [0.4, 0.5) is 5.95 Å². The van der Waals surface area contributed by atoms with Gasteiger partial charge < -0.3 is 26.3 Å². The molecule has 0 aliphatic rings. The van der Waals surface area contributed by atoms with Crippen LogP contribution in [-0.2, 0) is 6.42 Å². The number of H-pyrrole nitrogens is 1. The van der Waals surface area contributed by atoms with E-state index in [4.69, 9.17) is 16.0 Å². The Morgan fingerprint density at radius 3 is 3.00 bits per heavy atom. The molecule has 0 bridgehead atoms. The summed E-state index contributed by atoms with van der Waals surface area (Å²) in [4.78, 5) is 11.5. The number of aromatic nitrogens is 3. The summed E-state index contributed by atoms with van der Waals surface area (Å²) in [5.41, 5.74) is 12.8. The number of fused-ring (bicyclic) bond motifs is 1. The van der Waals surface area contributed by atoms with Gasteiger partial charge in [0.25, 0.3) is 5.95 Å². The highest BCUT2D eigenvalue weighted by Gasteiger charge is 2.10. The van der Waals surface area contributed by atoms with Crippen LogP contribution in [0.2, 0.25) is 0 Å². The lowest BCUT2D eigenvalue weighted by molar-refractivity contribution is 0.386. The lowest BCUT2D eigenvalue weighted by Crippen LogP contribution is -2.23. The summed E-state index contributed by atoms with van der Waals surface area (Å²) in [6.07, 6.45) is 4.39. The SMILES string of the molecule is NC(N)=NCCCCNc1noc(Cc2c[nH]c3ccccc23)n1. The monoisotopic (exact) mass is 327 g/mol. The van der Waals surface area contributed by atoms with Crippen molar-refractivity contribution in [2.75, 3.05) is 18.4 Å². The zero-order valence-corrected chi connectivity index (χ0v) is 13.3. The first-order valence-electron chi connectivity index (χ1n) is 7.89. The molecule has 0 unspecified atom stereocenters. The van der Waals surface area contributed by atoms with Gasteiger partial charge in [0, 0.05) is 30.2 Å². The van der Waals surface area contributed by atoms with Crippen molar-refractivity contribution in [1.82, 2.24) is 15.1 Å². The van der Waals surface area contributed by atoms with E-state index >= 15 is 0 Å². The lowest BCUT2D eigenvalue weighted by Gasteiger charge is -1.99. The minimum Gasteiger partial charge on any atom is -0.370 e. The second kappa shape index (κ2) is 7.49. The van der Waals surface area contributed by atoms with Gasteiger partial charge in [0.05, 0.1) is 6.42 Å². The van der Waals surface area contributed by atoms with Crippen LogP contribution in [0.15, 0.2) is 40.0 Å². The van der Waals surface area contributed by atoms with Gasteiger partial charge in [0.1, 0.15) is 0 Å². The normalized spacial score (nSPS) is 10.8. The molecule has 3 aromatic rings. The molecule has 126 valence electrons. The van der Waals surface area contributed by atoms with Crippen LogP contribution in [0.1, 0.15) is 24.3 Å². The van der Waals surface area contributed by atoms with Crippen LogP contribution in [0.25, 0.3) is 10.9 Å². The summed E-state index contributed by atoms with van der Waals surface area (Å²) in [7, 11) is 0. The zero-order chi connectivity index (χ0) is 16.8. The third-order valence-electron chi connectivity index (χ3n) is 3.65. The van der Waals surface area contributed by atoms with Crippen LogP contribution < -0.4 is 16.8 Å². The largest absolute Gasteiger partial charge is 0.370 e. The van der Waals surface area contributed by atoms with Crippen LogP contribution in [0, 0.1) is 0 Å². The summed E-state index contributed by atoms with van der Waals surface area (Å²) < 4.78 is 5.30. The minimum absolute atomic E-state index is 0.128. The molecular weight excluding hydrogens is 306 g/mol. The average Bonchev–Trinajstić information content (AvgIpc) is 3.18. The summed E-state index contributed by atoms with van der Waals surface area (Å²) in [5.74, 6) is 1.22. The Labute approximate surface area is 139 Å². The predicted octanol–water partition coefficient (Wildman–Crippen LogP) is 1.61. The summed E-state index contributed by atoms with van der Waals surface area (Å²) >= 11 is 0. The Morgan fingerprint density at radius 1 is 1.25 bits per heavy atom. The molecule has 0 amide bonds. The molecule has 0 aliphatic heterocycles. The van der Waals surface area contributed by atoms with Crippen molar-refractivity contribution < 1.29 is 4.52 Å². The van der Waals surface area contributed by atoms with E-state index in [-0.39, 0.29) is 5.96 Å². The number of hydrogen-bond acceptors (Lipinski definition) is 5. The first kappa shape index (κ1) is 15.9. The molecule has 6 N–H and O–H groups in total. The van der Waals surface area contributed by atoms with Gasteiger partial charge in [-0.2, -0.15) is 4.98 Å². The van der Waals surface area contributed by atoms with Crippen molar-refractivity contribution >= 4 is 22.8 Å². The van der Waals surface area contributed by atoms with Gasteiger partial charge >= 0.3 is 0 Å². The van der Waals surface area contributed by atoms with Gasteiger partial charge in [-0.05, 0) is 29.6 Å². The molecule has 8 nitrogen and oxygen atoms in total. The van der Waals surface area contributed by atoms with Gasteiger partial charge in [-0.15, -0.1) is 0 Å². The molecule has 24 heavy (non-hydrogen) atoms. The fraction of sp³-hybridized carbons (Fsp3) is 0.312. The van der Waals surface area contributed by atoms with Crippen molar-refractivity contribution in [3.63, 3.8) is 0 Å². The van der Waals surface area contributed by atoms with Gasteiger partial charge in [-0.25, -0.2) is 0 Å². The molecule has 1 aromatic carbocycles. The number of unbranched alkanes of at least 4 members (excludes halogenated alkanes) is 1. The van der Waals surface area contributed by atoms with Crippen LogP contribution in [0.5, 0.6) is 0 Å². The number of nitrogens with zero attached hydrogens (tertiary/aromatic N) is 3. The van der Waals surface area contributed by atoms with E-state index in [0.29, 0.717) is 24.8 Å². The number of nitrogens with one attached hydrogen (secondary N) is 2. The van der Waals surface area contributed by atoms with E-state index < -0.39 is 0 Å². The Kier molecular flexibility index (Phi) is 4.95. The Bertz CT molecular complexity index is 817. The van der Waals surface area contributed by atoms with E-state index in [9.17, 15) is 0 Å². The molecule has 2 aromatic heterocycles. The fourth-order valence-electron chi connectivity index (χ4n) is 2.48. The van der Waals surface area contributed by atoms with E-state index in [0.717, 1.165) is 30.5 Å². The Hall–Kier alpha value is -3.03. The number of benzene rings is 1. The van der Waals surface area contributed by atoms with E-state index in [2.05, 4.69) is 31.5 Å². The van der Waals surface area contributed by atoms with Crippen LogP contribution >= 0.6 is 0 Å². The lowest BCUT2D eigenvalue weighted by atomic mass is 10.1. The maximum absolute atomic E-state index is 5.30. The smallest absolute Gasteiger partial charge is 0.263 e. The van der Waals surface area contributed by atoms with E-state index in [1.807, 2.05) is 24.4 Å². The standard InChI is InChI=1S/C16H21N7O/c17-15(18)19-7-3-4-8-20-16-22-14(24-23-16)9-11-10-21-13-6-2-1-5-12(11)13/h1-2,5-6,10,21H,3-4,7-9H2,(H,20,23)(H4,17,18,19). The van der Waals surface area contributed by atoms with E-state index in [1.54, 1.807) is 0 Å². The maximum atomic E-state index is 5.30. The average molecular weight is 327 g/mol. The molecule has 0 aliphatic carbocycles. The second-order valence-corrected chi connectivity index (χ2v) is 5.49. The van der Waals surface area contributed by atoms with Crippen LogP contribution in [-0.4, -0.2) is 34.2 Å². The van der Waals surface area contributed by atoms with Gasteiger partial charge in [-0.3, -0.25) is 4.99 Å². The van der Waals surface area contributed by atoms with Crippen molar-refractivity contribution in [3.05, 3.63) is 41.9 Å². The number of hydrogen-bond donors (Lipinski definition) is 4. The maximum Gasteiger partial charge on any atom is 0.263 e. The number of rotatable bonds is 8. The summed E-state index contributed by atoms with van der Waals surface area (Å²) in [5, 5.41) is 8.25. The molecule has 0 radical (unpaired) electrons. The van der Waals surface area contributed by atoms with Crippen molar-refractivity contribution in [2.24, 2.45) is 16.5 Å². The van der Waals surface area contributed by atoms with Gasteiger partial charge in [-0.1, -0.05) is 18.2 Å². The third kappa shape index (κ3) is 4.03. The quantitative estimate of drug-likeness (QED) is 0.282. The van der Waals surface area contributed by atoms with Crippen molar-refractivity contribution in [3.8, 4) is 0 Å². The molecule has 0 atom stereocenters. The molecule has 8 heteroatoms. The first-order chi connectivity index (χ1) is 11.7. The predicted molar refractivity (Wildman–Crippen MR) is 93.8 cm³/mol. The Morgan fingerprint density at radius 2 is 2.12 bits per heavy atom. The highest BCUT2D eigenvalue weighted by atomic mass is 16.5. The summed E-state index contributed by atoms with van der Waals surface area (Å²) in [6, 6.07) is 8.14. The van der Waals surface area contributed by atoms with Crippen molar-refractivity contribution in [1.29, 1.82) is 0 Å². The number of anilines is 1. The topological polar surface area (TPSA) is 131 Å². The molecule has 0 saturated carbocycles. The number of para-hydroxylation sites is 1. The van der Waals surface area contributed by atoms with Gasteiger partial charge in [0.2, 0.25) is 5.89 Å². The van der Waals surface area contributed by atoms with Crippen LogP contribution in [0.3, 0.4) is 0 Å². The van der Waals surface area contributed by atoms with Crippen molar-refractivity contribution in [2.45, 2.75) is 19.3 Å². The van der Waals surface area contributed by atoms with Gasteiger partial charge in [0.15, 0.2) is 5.96 Å². The molecule has 0 spiro atoms. The zero-order valence-electron chi connectivity index (χ0n) is 13.3. The molecule has 0 fully saturated rings. The number of aromatic amines is 1. The molecule has 2 heterocycles. The molecule has 3 rings (SSSR count).